The molecule has 0 saturated heterocycles. The van der Waals surface area contributed by atoms with Gasteiger partial charge in [-0.05, 0) is 43.5 Å². The van der Waals surface area contributed by atoms with Crippen molar-refractivity contribution in [2.75, 3.05) is 0 Å². The Bertz CT molecular complexity index is 588. The molecule has 3 heteroatoms. The molecule has 2 aromatic rings. The van der Waals surface area contributed by atoms with Crippen molar-refractivity contribution in [1.82, 2.24) is 0 Å². The number of benzene rings is 2. The number of nitrogens with zero attached hydrogens (tertiary/aromatic N) is 1. The Labute approximate surface area is 126 Å². The smallest absolute Gasteiger partial charge is 0.144 e. The fourth-order valence-corrected chi connectivity index (χ4v) is 1.83. The normalized spacial score (nSPS) is 10.5. The summed E-state index contributed by atoms with van der Waals surface area (Å²) in [5.41, 5.74) is 4.82. The van der Waals surface area contributed by atoms with Crippen molar-refractivity contribution < 1.29 is 23.7 Å². The zero-order chi connectivity index (χ0) is 13.1. The molecular weight excluding hydrogens is 273 g/mol. The Kier molecular flexibility index (Phi) is 5.40. The number of hydrogen-bond donors (Lipinski definition) is 1. The molecule has 97 valence electrons. The SMILES string of the molecule is Cc1ccc(C=Nc2cc(C)cc(C)c2O)cc1.[V]. The van der Waals surface area contributed by atoms with Gasteiger partial charge in [0.1, 0.15) is 11.4 Å². The maximum atomic E-state index is 9.93. The molecule has 0 fully saturated rings. The van der Waals surface area contributed by atoms with Crippen molar-refractivity contribution in [3.8, 4) is 5.75 Å². The van der Waals surface area contributed by atoms with Crippen LogP contribution in [0.2, 0.25) is 0 Å². The topological polar surface area (TPSA) is 32.6 Å². The van der Waals surface area contributed by atoms with Crippen LogP contribution in [0.15, 0.2) is 41.4 Å². The van der Waals surface area contributed by atoms with E-state index in [9.17, 15) is 5.11 Å². The van der Waals surface area contributed by atoms with E-state index in [1.807, 2.05) is 50.2 Å². The van der Waals surface area contributed by atoms with Gasteiger partial charge in [0.05, 0.1) is 0 Å². The van der Waals surface area contributed by atoms with Gasteiger partial charge in [-0.25, -0.2) is 0 Å². The average Bonchev–Trinajstić information content (AvgIpc) is 2.34. The maximum absolute atomic E-state index is 9.93. The summed E-state index contributed by atoms with van der Waals surface area (Å²) in [6, 6.07) is 11.9. The van der Waals surface area contributed by atoms with Crippen LogP contribution >= 0.6 is 0 Å². The van der Waals surface area contributed by atoms with Crippen LogP contribution < -0.4 is 0 Å². The van der Waals surface area contributed by atoms with Gasteiger partial charge in [-0.15, -0.1) is 0 Å². The summed E-state index contributed by atoms with van der Waals surface area (Å²) in [7, 11) is 0. The van der Waals surface area contributed by atoms with E-state index in [1.54, 1.807) is 6.21 Å². The number of hydrogen-bond acceptors (Lipinski definition) is 2. The average molecular weight is 290 g/mol. The quantitative estimate of drug-likeness (QED) is 0.831. The fourth-order valence-electron chi connectivity index (χ4n) is 1.83. The van der Waals surface area contributed by atoms with Gasteiger partial charge in [0.2, 0.25) is 0 Å². The van der Waals surface area contributed by atoms with E-state index in [0.29, 0.717) is 5.69 Å². The van der Waals surface area contributed by atoms with Crippen molar-refractivity contribution in [2.24, 2.45) is 4.99 Å². The second-order valence-electron chi connectivity index (χ2n) is 4.62. The van der Waals surface area contributed by atoms with E-state index in [-0.39, 0.29) is 24.3 Å². The minimum absolute atomic E-state index is 0. The Morgan fingerprint density at radius 2 is 1.58 bits per heavy atom. The second-order valence-corrected chi connectivity index (χ2v) is 4.62. The van der Waals surface area contributed by atoms with Gasteiger partial charge in [0, 0.05) is 24.8 Å². The van der Waals surface area contributed by atoms with E-state index in [0.717, 1.165) is 16.7 Å². The molecule has 0 amide bonds. The summed E-state index contributed by atoms with van der Waals surface area (Å²) in [6.45, 7) is 5.93. The van der Waals surface area contributed by atoms with E-state index in [2.05, 4.69) is 11.9 Å². The molecule has 2 aromatic carbocycles. The minimum Gasteiger partial charge on any atom is -0.505 e. The first-order valence-corrected chi connectivity index (χ1v) is 5.97. The van der Waals surface area contributed by atoms with Crippen LogP contribution in [-0.4, -0.2) is 11.3 Å². The van der Waals surface area contributed by atoms with Crippen LogP contribution in [0.1, 0.15) is 22.3 Å². The van der Waals surface area contributed by atoms with Gasteiger partial charge < -0.3 is 5.11 Å². The molecule has 0 heterocycles. The molecule has 2 nitrogen and oxygen atoms in total. The summed E-state index contributed by atoms with van der Waals surface area (Å²) in [6.07, 6.45) is 1.77. The zero-order valence-electron chi connectivity index (χ0n) is 11.4. The first-order valence-electron chi connectivity index (χ1n) is 5.97. The Balaban J connectivity index is 0.00000180. The van der Waals surface area contributed by atoms with Gasteiger partial charge in [-0.2, -0.15) is 0 Å². The predicted molar refractivity (Wildman–Crippen MR) is 76.0 cm³/mol. The van der Waals surface area contributed by atoms with Crippen LogP contribution in [0, 0.1) is 20.8 Å². The van der Waals surface area contributed by atoms with Crippen LogP contribution in [0.5, 0.6) is 5.75 Å². The Morgan fingerprint density at radius 1 is 0.947 bits per heavy atom. The molecule has 1 radical (unpaired) electrons. The summed E-state index contributed by atoms with van der Waals surface area (Å²) in [4.78, 5) is 4.35. The van der Waals surface area contributed by atoms with Crippen molar-refractivity contribution in [3.63, 3.8) is 0 Å². The molecule has 1 N–H and O–H groups in total. The van der Waals surface area contributed by atoms with Crippen molar-refractivity contribution in [3.05, 3.63) is 58.7 Å². The summed E-state index contributed by atoms with van der Waals surface area (Å²) in [5.74, 6) is 0.254. The number of phenolic OH excluding ortho intramolecular Hbond substituents is 1. The molecule has 0 saturated carbocycles. The third kappa shape index (κ3) is 3.98. The molecule has 0 unspecified atom stereocenters. The van der Waals surface area contributed by atoms with Gasteiger partial charge in [-0.1, -0.05) is 35.9 Å². The predicted octanol–water partition coefficient (Wildman–Crippen LogP) is 4.07. The van der Waals surface area contributed by atoms with Crippen molar-refractivity contribution >= 4 is 11.9 Å². The van der Waals surface area contributed by atoms with Crippen LogP contribution in [0.25, 0.3) is 0 Å². The number of aromatic hydroxyl groups is 1. The third-order valence-corrected chi connectivity index (χ3v) is 2.85. The van der Waals surface area contributed by atoms with E-state index in [1.165, 1.54) is 5.56 Å². The third-order valence-electron chi connectivity index (χ3n) is 2.85. The van der Waals surface area contributed by atoms with Gasteiger partial charge in [0.15, 0.2) is 0 Å². The molecule has 0 aliphatic carbocycles. The van der Waals surface area contributed by atoms with E-state index < -0.39 is 0 Å². The molecule has 2 rings (SSSR count). The first kappa shape index (κ1) is 15.6. The van der Waals surface area contributed by atoms with Crippen LogP contribution in [0.4, 0.5) is 5.69 Å². The largest absolute Gasteiger partial charge is 0.505 e. The van der Waals surface area contributed by atoms with Crippen molar-refractivity contribution in [1.29, 1.82) is 0 Å². The summed E-state index contributed by atoms with van der Waals surface area (Å²) in [5, 5.41) is 9.93. The fraction of sp³-hybridized carbons (Fsp3) is 0.188. The molecule has 0 bridgehead atoms. The summed E-state index contributed by atoms with van der Waals surface area (Å²) < 4.78 is 0. The van der Waals surface area contributed by atoms with Crippen LogP contribution in [-0.2, 0) is 18.6 Å². The second kappa shape index (κ2) is 6.60. The Hall–Kier alpha value is -1.51. The monoisotopic (exact) mass is 290 g/mol. The Morgan fingerprint density at radius 3 is 2.21 bits per heavy atom. The number of aliphatic imine (C=N–C) groups is 1. The zero-order valence-corrected chi connectivity index (χ0v) is 12.8. The van der Waals surface area contributed by atoms with E-state index in [4.69, 9.17) is 0 Å². The molecule has 0 aromatic heterocycles. The summed E-state index contributed by atoms with van der Waals surface area (Å²) >= 11 is 0. The maximum Gasteiger partial charge on any atom is 0.144 e. The van der Waals surface area contributed by atoms with Crippen molar-refractivity contribution in [2.45, 2.75) is 20.8 Å². The standard InChI is InChI=1S/C16H17NO.V/c1-11-4-6-14(7-5-11)10-17-15-9-12(2)8-13(3)16(15)18;/h4-10,18H,1-3H3;. The van der Waals surface area contributed by atoms with Crippen LogP contribution in [0.3, 0.4) is 0 Å². The molecule has 0 atom stereocenters. The van der Waals surface area contributed by atoms with E-state index >= 15 is 0 Å². The van der Waals surface area contributed by atoms with Gasteiger partial charge in [-0.3, -0.25) is 4.99 Å². The molecular formula is C16H17NOV. The number of aryl methyl sites for hydroxylation is 3. The molecule has 0 spiro atoms. The molecule has 19 heavy (non-hydrogen) atoms. The minimum atomic E-state index is 0. The number of phenols is 1. The molecule has 0 aliphatic heterocycles. The molecule has 0 aliphatic rings. The number of rotatable bonds is 2. The van der Waals surface area contributed by atoms with Gasteiger partial charge in [0.25, 0.3) is 0 Å². The first-order chi connectivity index (χ1) is 8.56. The van der Waals surface area contributed by atoms with Gasteiger partial charge >= 0.3 is 0 Å².